The predicted octanol–water partition coefficient (Wildman–Crippen LogP) is 8.21. The number of aliphatic carboxylic acids is 2. The lowest BCUT2D eigenvalue weighted by molar-refractivity contribution is -0.142. The van der Waals surface area contributed by atoms with Gasteiger partial charge in [0.15, 0.2) is 0 Å². The number of carboxylic acid groups (broad SMARTS) is 2. The summed E-state index contributed by atoms with van der Waals surface area (Å²) in [6.07, 6.45) is 24.5. The van der Waals surface area contributed by atoms with E-state index in [2.05, 4.69) is 6.92 Å². The van der Waals surface area contributed by atoms with Gasteiger partial charge < -0.3 is 10.2 Å². The lowest BCUT2D eigenvalue weighted by Crippen LogP contribution is -2.33. The van der Waals surface area contributed by atoms with E-state index in [1.54, 1.807) is 6.92 Å². The molecule has 31 heavy (non-hydrogen) atoms. The summed E-state index contributed by atoms with van der Waals surface area (Å²) >= 11 is 4.80. The first-order valence-electron chi connectivity index (χ1n) is 12.9. The van der Waals surface area contributed by atoms with Crippen LogP contribution < -0.4 is 0 Å². The molecule has 0 amide bonds. The molecule has 0 saturated carbocycles. The van der Waals surface area contributed by atoms with E-state index in [9.17, 15) is 14.7 Å². The number of thiocarbonyl (C=S) groups is 1. The molecule has 0 saturated heterocycles. The Hall–Kier alpha value is -0.970. The van der Waals surface area contributed by atoms with E-state index in [1.165, 1.54) is 103 Å². The third-order valence-corrected chi connectivity index (χ3v) is 6.77. The van der Waals surface area contributed by atoms with Crippen LogP contribution in [-0.2, 0) is 9.59 Å². The van der Waals surface area contributed by atoms with Crippen molar-refractivity contribution in [3.8, 4) is 0 Å². The van der Waals surface area contributed by atoms with Crippen LogP contribution in [0.3, 0.4) is 0 Å². The molecule has 182 valence electrons. The fourth-order valence-corrected chi connectivity index (χ4v) is 4.61. The van der Waals surface area contributed by atoms with Gasteiger partial charge in [-0.15, -0.1) is 0 Å². The summed E-state index contributed by atoms with van der Waals surface area (Å²) in [7, 11) is 0. The van der Waals surface area contributed by atoms with Gasteiger partial charge in [0.25, 0.3) is 0 Å². The smallest absolute Gasteiger partial charge is 0.343 e. The monoisotopic (exact) mass is 456 g/mol. The van der Waals surface area contributed by atoms with Crippen LogP contribution in [0.5, 0.6) is 0 Å². The van der Waals surface area contributed by atoms with Crippen LogP contribution in [0, 0.1) is 11.8 Å². The predicted molar refractivity (Wildman–Crippen MR) is 134 cm³/mol. The second kappa shape index (κ2) is 20.9. The normalized spacial score (nSPS) is 13.1. The van der Waals surface area contributed by atoms with Crippen LogP contribution in [-0.4, -0.2) is 27.0 Å². The van der Waals surface area contributed by atoms with Crippen molar-refractivity contribution in [2.24, 2.45) is 11.8 Å². The topological polar surface area (TPSA) is 74.6 Å². The quantitative estimate of drug-likeness (QED) is 0.120. The zero-order valence-corrected chi connectivity index (χ0v) is 21.0. The molecule has 0 aliphatic rings. The highest BCUT2D eigenvalue weighted by Gasteiger charge is 2.32. The highest BCUT2D eigenvalue weighted by Crippen LogP contribution is 2.22. The number of hydrogen-bond donors (Lipinski definition) is 2. The van der Waals surface area contributed by atoms with Gasteiger partial charge >= 0.3 is 11.9 Å². The summed E-state index contributed by atoms with van der Waals surface area (Å²) in [5.41, 5.74) is 0. The van der Waals surface area contributed by atoms with Crippen molar-refractivity contribution in [2.75, 3.05) is 0 Å². The molecule has 4 nitrogen and oxygen atoms in total. The van der Waals surface area contributed by atoms with Gasteiger partial charge in [-0.3, -0.25) is 4.79 Å². The van der Waals surface area contributed by atoms with E-state index < -0.39 is 17.9 Å². The summed E-state index contributed by atoms with van der Waals surface area (Å²) < 4.78 is 0. The van der Waals surface area contributed by atoms with Gasteiger partial charge in [0.2, 0.25) is 0 Å². The number of hydrogen-bond acceptors (Lipinski definition) is 3. The molecule has 0 bridgehead atoms. The van der Waals surface area contributed by atoms with Crippen molar-refractivity contribution in [1.29, 1.82) is 0 Å². The molecule has 0 aromatic rings. The maximum Gasteiger partial charge on any atom is 0.343 e. The summed E-state index contributed by atoms with van der Waals surface area (Å²) in [6, 6.07) is 0. The van der Waals surface area contributed by atoms with E-state index in [1.807, 2.05) is 0 Å². The van der Waals surface area contributed by atoms with Crippen molar-refractivity contribution in [3.05, 3.63) is 0 Å². The molecule has 0 aliphatic heterocycles. The molecule has 2 N–H and O–H groups in total. The molecule has 2 unspecified atom stereocenters. The molecule has 0 heterocycles. The van der Waals surface area contributed by atoms with Gasteiger partial charge in [0, 0.05) is 0 Å². The van der Waals surface area contributed by atoms with Gasteiger partial charge in [0.05, 0.1) is 0 Å². The summed E-state index contributed by atoms with van der Waals surface area (Å²) in [6.45, 7) is 4.06. The largest absolute Gasteiger partial charge is 0.481 e. The van der Waals surface area contributed by atoms with Crippen LogP contribution in [0.4, 0.5) is 0 Å². The molecule has 0 aromatic carbocycles. The first kappa shape index (κ1) is 30.0. The molecule has 5 heteroatoms. The lowest BCUT2D eigenvalue weighted by atomic mass is 9.86. The summed E-state index contributed by atoms with van der Waals surface area (Å²) in [4.78, 5) is 21.9. The SMILES string of the molecule is CCCCCCCCCCCCCCCCCCCCC(C)C(C(=O)O)C(=S)C(=O)O. The molecular formula is C26H48O4S. The Labute approximate surface area is 196 Å². The van der Waals surface area contributed by atoms with Crippen molar-refractivity contribution in [3.63, 3.8) is 0 Å². The van der Waals surface area contributed by atoms with E-state index in [-0.39, 0.29) is 10.8 Å². The minimum absolute atomic E-state index is 0.234. The highest BCUT2D eigenvalue weighted by atomic mass is 32.1. The molecular weight excluding hydrogens is 408 g/mol. The Kier molecular flexibility index (Phi) is 20.3. The summed E-state index contributed by atoms with van der Waals surface area (Å²) in [5, 5.41) is 18.2. The zero-order chi connectivity index (χ0) is 23.3. The van der Waals surface area contributed by atoms with Crippen molar-refractivity contribution in [1.82, 2.24) is 0 Å². The Bertz CT molecular complexity index is 478. The van der Waals surface area contributed by atoms with Crippen LogP contribution in [0.15, 0.2) is 0 Å². The molecule has 0 rings (SSSR count). The van der Waals surface area contributed by atoms with E-state index in [0.29, 0.717) is 6.42 Å². The minimum atomic E-state index is -1.29. The molecule has 0 aromatic heterocycles. The minimum Gasteiger partial charge on any atom is -0.481 e. The van der Waals surface area contributed by atoms with E-state index >= 15 is 0 Å². The van der Waals surface area contributed by atoms with Crippen LogP contribution >= 0.6 is 12.2 Å². The van der Waals surface area contributed by atoms with Gasteiger partial charge in [-0.2, -0.15) is 0 Å². The average Bonchev–Trinajstić information content (AvgIpc) is 2.72. The Balaban J connectivity index is 3.45. The van der Waals surface area contributed by atoms with Crippen LogP contribution in [0.25, 0.3) is 0 Å². The highest BCUT2D eigenvalue weighted by molar-refractivity contribution is 7.82. The van der Waals surface area contributed by atoms with E-state index in [0.717, 1.165) is 12.8 Å². The average molecular weight is 457 g/mol. The maximum atomic E-state index is 11.3. The maximum absolute atomic E-state index is 11.3. The van der Waals surface area contributed by atoms with Crippen LogP contribution in [0.2, 0.25) is 0 Å². The third kappa shape index (κ3) is 17.3. The molecule has 0 aliphatic carbocycles. The third-order valence-electron chi connectivity index (χ3n) is 6.34. The van der Waals surface area contributed by atoms with Crippen molar-refractivity contribution in [2.45, 2.75) is 136 Å². The first-order valence-corrected chi connectivity index (χ1v) is 13.3. The van der Waals surface area contributed by atoms with Gasteiger partial charge in [-0.25, -0.2) is 4.79 Å². The number of carbonyl (C=O) groups is 2. The van der Waals surface area contributed by atoms with Gasteiger partial charge in [-0.1, -0.05) is 142 Å². The fraction of sp³-hybridized carbons (Fsp3) is 0.885. The molecule has 0 fully saturated rings. The zero-order valence-electron chi connectivity index (χ0n) is 20.2. The molecule has 0 radical (unpaired) electrons. The van der Waals surface area contributed by atoms with Gasteiger partial charge in [0.1, 0.15) is 10.8 Å². The van der Waals surface area contributed by atoms with Crippen LogP contribution in [0.1, 0.15) is 136 Å². The lowest BCUT2D eigenvalue weighted by Gasteiger charge is -2.19. The Morgan fingerprint density at radius 3 is 1.26 bits per heavy atom. The van der Waals surface area contributed by atoms with E-state index in [4.69, 9.17) is 17.3 Å². The second-order valence-corrected chi connectivity index (χ2v) is 9.70. The molecule has 0 spiro atoms. The second-order valence-electron chi connectivity index (χ2n) is 9.26. The molecule has 2 atom stereocenters. The summed E-state index contributed by atoms with van der Waals surface area (Å²) in [5.74, 6) is -3.70. The first-order chi connectivity index (χ1) is 14.9. The number of unbranched alkanes of at least 4 members (excludes halogenated alkanes) is 17. The van der Waals surface area contributed by atoms with Crippen molar-refractivity contribution >= 4 is 29.0 Å². The van der Waals surface area contributed by atoms with Crippen molar-refractivity contribution < 1.29 is 19.8 Å². The fourth-order valence-electron chi connectivity index (χ4n) is 4.28. The van der Waals surface area contributed by atoms with Gasteiger partial charge in [-0.05, 0) is 12.3 Å². The Morgan fingerprint density at radius 1 is 0.645 bits per heavy atom. The number of rotatable bonds is 23. The standard InChI is InChI=1S/C26H48O4S/c1-3-4-5-6-7-8-9-10-11-12-13-14-15-16-17-18-19-20-21-22(2)23(25(27)28)24(31)26(29)30/h22-23H,3-21H2,1-2H3,(H,27,28)(H,29,30). The Morgan fingerprint density at radius 2 is 0.968 bits per heavy atom. The number of carboxylic acids is 2.